The molecule has 10 aliphatic rings. The second-order valence-corrected chi connectivity index (χ2v) is 38.6. The quantitative estimate of drug-likeness (QED) is 0.0407. The second-order valence-electron chi connectivity index (χ2n) is 38.6. The van der Waals surface area contributed by atoms with Crippen LogP contribution in [0.3, 0.4) is 0 Å². The Labute approximate surface area is 692 Å². The van der Waals surface area contributed by atoms with Gasteiger partial charge in [0.1, 0.15) is 59.0 Å². The van der Waals surface area contributed by atoms with Crippen molar-refractivity contribution in [3.05, 3.63) is 119 Å². The van der Waals surface area contributed by atoms with Crippen molar-refractivity contribution in [2.75, 3.05) is 13.2 Å². The van der Waals surface area contributed by atoms with Crippen molar-refractivity contribution < 1.29 is 125 Å². The van der Waals surface area contributed by atoms with E-state index in [1.165, 1.54) is 13.8 Å². The summed E-state index contributed by atoms with van der Waals surface area (Å²) in [6.07, 6.45) is -12.4. The van der Waals surface area contributed by atoms with Crippen LogP contribution in [-0.2, 0) is 85.5 Å². The molecule has 4 bridgehead atoms. The van der Waals surface area contributed by atoms with Gasteiger partial charge in [-0.25, -0.2) is 28.8 Å². The smallest absolute Gasteiger partial charge is 0.407 e. The minimum absolute atomic E-state index is 0.0405. The minimum atomic E-state index is -2.02. The molecule has 26 atom stereocenters. The number of benzene rings is 2. The third kappa shape index (κ3) is 16.4. The Hall–Kier alpha value is -7.64. The Bertz CT molecular complexity index is 3940. The Morgan fingerprint density at radius 3 is 1.14 bits per heavy atom. The molecule has 4 saturated heterocycles. The number of nitrogens with one attached hydrogen (secondary N) is 2. The Kier molecular flexibility index (Phi) is 25.7. The lowest BCUT2D eigenvalue weighted by Crippen LogP contribution is -2.83. The topological polar surface area (TPSA) is 371 Å². The van der Waals surface area contributed by atoms with Crippen LogP contribution in [0, 0.1) is 57.2 Å². The van der Waals surface area contributed by atoms with Gasteiger partial charge in [0, 0.05) is 73.0 Å². The summed E-state index contributed by atoms with van der Waals surface area (Å²) in [5.74, 6) is -7.71. The largest absolute Gasteiger partial charge is 0.456 e. The van der Waals surface area contributed by atoms with Crippen molar-refractivity contribution >= 4 is 48.0 Å². The molecule has 6 N–H and O–H groups in total. The first-order valence-electron chi connectivity index (χ1n) is 41.5. The van der Waals surface area contributed by atoms with Crippen LogP contribution in [-0.4, -0.2) is 213 Å². The zero-order valence-corrected chi connectivity index (χ0v) is 72.5. The van der Waals surface area contributed by atoms with Crippen LogP contribution in [0.25, 0.3) is 0 Å². The molecule has 4 saturated carbocycles. The maximum absolute atomic E-state index is 14.4. The molecule has 4 aliphatic heterocycles. The van der Waals surface area contributed by atoms with Gasteiger partial charge in [-0.05, 0) is 128 Å². The van der Waals surface area contributed by atoms with Gasteiger partial charge in [0.05, 0.1) is 72.7 Å². The van der Waals surface area contributed by atoms with Crippen LogP contribution in [0.15, 0.2) is 108 Å². The van der Waals surface area contributed by atoms with Crippen LogP contribution in [0.2, 0.25) is 0 Å². The molecule has 2 aromatic rings. The molecule has 652 valence electrons. The number of ether oxygens (including phenoxy) is 14. The van der Waals surface area contributed by atoms with Crippen molar-refractivity contribution in [1.82, 2.24) is 10.6 Å². The average molecular weight is 1650 g/mol. The summed E-state index contributed by atoms with van der Waals surface area (Å²) >= 11 is 0. The van der Waals surface area contributed by atoms with Crippen LogP contribution >= 0.6 is 0 Å². The van der Waals surface area contributed by atoms with Crippen LogP contribution in [0.5, 0.6) is 0 Å². The zero-order valence-electron chi connectivity index (χ0n) is 72.5. The van der Waals surface area contributed by atoms with Gasteiger partial charge in [-0.1, -0.05) is 144 Å². The molecular weight excluding hydrogens is 1520 g/mol. The number of hydrogen-bond acceptors (Lipinski definition) is 26. The van der Waals surface area contributed by atoms with E-state index in [0.717, 1.165) is 0 Å². The van der Waals surface area contributed by atoms with E-state index in [0.29, 0.717) is 35.1 Å². The number of carbonyl (C=O) groups is 8. The molecule has 0 spiro atoms. The molecule has 28 nitrogen and oxygen atoms in total. The van der Waals surface area contributed by atoms with E-state index in [2.05, 4.69) is 23.8 Å². The number of aliphatic hydroxyl groups is 4. The molecule has 1 unspecified atom stereocenters. The number of rotatable bonds is 20. The van der Waals surface area contributed by atoms with E-state index in [-0.39, 0.29) is 61.9 Å². The molecule has 0 radical (unpaired) electrons. The highest BCUT2D eigenvalue weighted by Gasteiger charge is 2.81. The van der Waals surface area contributed by atoms with Crippen LogP contribution < -0.4 is 10.6 Å². The predicted octanol–water partition coefficient (Wildman–Crippen LogP) is 11.1. The first-order chi connectivity index (χ1) is 54.8. The summed E-state index contributed by atoms with van der Waals surface area (Å²) in [7, 11) is 0. The van der Waals surface area contributed by atoms with Gasteiger partial charge in [0.15, 0.2) is 36.0 Å². The number of hydrogen-bond donors (Lipinski definition) is 6. The number of esters is 6. The van der Waals surface area contributed by atoms with Crippen molar-refractivity contribution in [2.45, 2.75) is 322 Å². The monoisotopic (exact) mass is 1650 g/mol. The molecule has 118 heavy (non-hydrogen) atoms. The van der Waals surface area contributed by atoms with E-state index in [4.69, 9.17) is 66.3 Å². The first-order valence-corrected chi connectivity index (χ1v) is 41.5. The predicted molar refractivity (Wildman–Crippen MR) is 427 cm³/mol. The number of fused-ring (bicyclic) bond motifs is 8. The molecule has 28 heteroatoms. The van der Waals surface area contributed by atoms with Gasteiger partial charge in [0.25, 0.3) is 0 Å². The molecule has 8 fully saturated rings. The highest BCUT2D eigenvalue weighted by Crippen LogP contribution is 2.71. The molecular formula is C90H126N2O26. The summed E-state index contributed by atoms with van der Waals surface area (Å²) in [5.41, 5.74) is -9.92. The van der Waals surface area contributed by atoms with Crippen LogP contribution in [0.1, 0.15) is 212 Å². The lowest BCUT2D eigenvalue weighted by Gasteiger charge is -2.71. The minimum Gasteiger partial charge on any atom is -0.456 e. The summed E-state index contributed by atoms with van der Waals surface area (Å²) in [5, 5.41) is 56.0. The van der Waals surface area contributed by atoms with Crippen LogP contribution in [0.4, 0.5) is 9.59 Å². The van der Waals surface area contributed by atoms with E-state index in [1.807, 2.05) is 96.9 Å². The second kappa shape index (κ2) is 33.3. The summed E-state index contributed by atoms with van der Waals surface area (Å²) in [6.45, 7) is 47.3. The third-order valence-electron chi connectivity index (χ3n) is 27.0. The summed E-state index contributed by atoms with van der Waals surface area (Å²) in [6, 6.07) is 14.6. The first kappa shape index (κ1) is 91.1. The highest BCUT2D eigenvalue weighted by atomic mass is 16.7. The highest BCUT2D eigenvalue weighted by molar-refractivity contribution is 5.90. The fourth-order valence-electron chi connectivity index (χ4n) is 22.0. The number of amides is 2. The van der Waals surface area contributed by atoms with Gasteiger partial charge in [-0.3, -0.25) is 9.59 Å². The number of carbonyl (C=O) groups excluding carboxylic acids is 8. The van der Waals surface area contributed by atoms with Gasteiger partial charge in [-0.15, -0.1) is 0 Å². The molecule has 4 heterocycles. The Morgan fingerprint density at radius 1 is 0.525 bits per heavy atom. The van der Waals surface area contributed by atoms with Gasteiger partial charge in [-0.2, -0.15) is 0 Å². The van der Waals surface area contributed by atoms with Crippen molar-refractivity contribution in [3.8, 4) is 0 Å². The lowest BCUT2D eigenvalue weighted by molar-refractivity contribution is -0.403. The van der Waals surface area contributed by atoms with Gasteiger partial charge in [0.2, 0.25) is 0 Å². The van der Waals surface area contributed by atoms with Gasteiger partial charge < -0.3 is 97.4 Å². The molecule has 2 amide bonds. The molecule has 12 rings (SSSR count). The van der Waals surface area contributed by atoms with Crippen molar-refractivity contribution in [2.24, 2.45) is 57.2 Å². The fourth-order valence-corrected chi connectivity index (χ4v) is 22.0. The summed E-state index contributed by atoms with van der Waals surface area (Å²) in [4.78, 5) is 109. The molecule has 6 aliphatic carbocycles. The van der Waals surface area contributed by atoms with Crippen molar-refractivity contribution in [1.29, 1.82) is 0 Å². The summed E-state index contributed by atoms with van der Waals surface area (Å²) < 4.78 is 88.3. The van der Waals surface area contributed by atoms with Gasteiger partial charge >= 0.3 is 48.0 Å². The third-order valence-corrected chi connectivity index (χ3v) is 27.0. The SMILES string of the molecule is C=C[C@@H]1O[C@H]2C[C@H]3OC[C@@]3(OC(C)=O)[C@H]3[C@H](OC(=O)c4ccccc4)[C@]4(O)C[C@H](OC(=O)[C@@H](O)[C@H](CC(C)C)NC(=O)OC(C)(C)C)C(C)=C(C(C)[C@H](O1)[C@]23C)C4(C)C.C=C[C@H]1O[C@H]2C[C@H]3OC[C@@]3(OC(C)=O)[C@H]3[C@H](OC(=O)c4ccccc4)[C@]4(O)C[C@H](OC(=O)[C@@H](O)[C@H](CC(C)C)NC(=O)OC(C)(C)C)C(C)=C([C@H](C)[C@H](O1)[C@]23C)C4(C)C. The molecule has 0 aromatic heterocycles. The number of alkyl carbamates (subject to hydrolysis) is 2. The molecule has 2 aromatic carbocycles. The Balaban J connectivity index is 0.000000231. The Morgan fingerprint density at radius 2 is 0.856 bits per heavy atom. The fraction of sp³-hybridized carbons (Fsp3) is 0.689. The van der Waals surface area contributed by atoms with E-state index < -0.39 is 225 Å². The van der Waals surface area contributed by atoms with E-state index in [1.54, 1.807) is 114 Å². The maximum Gasteiger partial charge on any atom is 0.407 e. The average Bonchev–Trinajstić information content (AvgIpc) is 0.667. The van der Waals surface area contributed by atoms with E-state index >= 15 is 0 Å². The number of aliphatic hydroxyl groups excluding tert-OH is 2. The normalized spacial score (nSPS) is 36.8. The zero-order chi connectivity index (χ0) is 87.2. The maximum atomic E-state index is 14.4. The van der Waals surface area contributed by atoms with E-state index in [9.17, 15) is 58.8 Å². The lowest BCUT2D eigenvalue weighted by atomic mass is 9.43. The standard InChI is InChI=1S/2C45H63NO13/c2*1-13-32-55-30-20-31-44(22-53-31,58-26(6)47)35-37(57-38(49)27-17-15-14-16-18-27)45(52)21-29(24(4)33(42(45,10)11)25(5)36(56-32)43(30,35)12)54-39(50)34(48)28(19-23(2)3)46-40(51)59-41(7,8)9/h2*13-18,23,25,28-32,34-37,48,52H,1,19-22H2,2-12H3,(H,46,51)/t25?,28-,29-,30-,31+,32+,34-,35-,36-,37-,43+,44-,45+;25-,28-,29-,30-,31+,32-,34-,35-,36-,37-,43+,44-,45+/m00/s1. The van der Waals surface area contributed by atoms with Crippen molar-refractivity contribution in [3.63, 3.8) is 0 Å².